The first-order chi connectivity index (χ1) is 9.13. The summed E-state index contributed by atoms with van der Waals surface area (Å²) in [7, 11) is 0. The van der Waals surface area contributed by atoms with E-state index >= 15 is 0 Å². The Kier molecular flexibility index (Phi) is 4.34. The summed E-state index contributed by atoms with van der Waals surface area (Å²) in [6.45, 7) is 4.59. The number of nitrogens with one attached hydrogen (secondary N) is 2. The van der Waals surface area contributed by atoms with Gasteiger partial charge < -0.3 is 21.5 Å². The first kappa shape index (κ1) is 15.5. The van der Waals surface area contributed by atoms with E-state index in [0.29, 0.717) is 11.3 Å². The Bertz CT molecular complexity index is 567. The molecule has 1 rings (SSSR count). The van der Waals surface area contributed by atoms with E-state index in [9.17, 15) is 14.4 Å². The van der Waals surface area contributed by atoms with E-state index in [1.807, 2.05) is 0 Å². The number of urea groups is 1. The summed E-state index contributed by atoms with van der Waals surface area (Å²) in [5.41, 5.74) is 4.92. The van der Waals surface area contributed by atoms with Gasteiger partial charge in [0.25, 0.3) is 0 Å². The van der Waals surface area contributed by atoms with E-state index < -0.39 is 23.4 Å². The molecule has 0 fully saturated rings. The second-order valence-electron chi connectivity index (χ2n) is 4.90. The molecule has 3 amide bonds. The number of hydrogen-bond acceptors (Lipinski definition) is 3. The van der Waals surface area contributed by atoms with Gasteiger partial charge in [-0.15, -0.1) is 0 Å². The van der Waals surface area contributed by atoms with E-state index in [4.69, 9.17) is 10.8 Å². The predicted octanol–water partition coefficient (Wildman–Crippen LogP) is 1.08. The Morgan fingerprint density at radius 1 is 1.25 bits per heavy atom. The highest BCUT2D eigenvalue weighted by Gasteiger charge is 2.26. The van der Waals surface area contributed by atoms with Gasteiger partial charge in [-0.3, -0.25) is 4.79 Å². The van der Waals surface area contributed by atoms with Crippen LogP contribution in [0.3, 0.4) is 0 Å². The maximum Gasteiger partial charge on any atom is 0.336 e. The average Bonchev–Trinajstić information content (AvgIpc) is 2.30. The topological polar surface area (TPSA) is 122 Å². The number of aromatic carboxylic acids is 1. The Balaban J connectivity index is 2.84. The number of benzene rings is 1. The molecule has 0 aliphatic rings. The first-order valence-electron chi connectivity index (χ1n) is 5.86. The summed E-state index contributed by atoms with van der Waals surface area (Å²) in [6.07, 6.45) is 0. The average molecular weight is 279 g/mol. The molecular weight excluding hydrogens is 262 g/mol. The number of carbonyl (C=O) groups excluding carboxylic acids is 2. The minimum atomic E-state index is -1.20. The van der Waals surface area contributed by atoms with Crippen molar-refractivity contribution in [1.82, 2.24) is 5.32 Å². The Morgan fingerprint density at radius 2 is 1.85 bits per heavy atom. The van der Waals surface area contributed by atoms with Gasteiger partial charge in [0.15, 0.2) is 0 Å². The monoisotopic (exact) mass is 279 g/mol. The molecule has 0 saturated heterocycles. The van der Waals surface area contributed by atoms with Crippen molar-refractivity contribution in [3.8, 4) is 0 Å². The Hall–Kier alpha value is -2.57. The number of hydrogen-bond donors (Lipinski definition) is 4. The Morgan fingerprint density at radius 3 is 2.35 bits per heavy atom. The summed E-state index contributed by atoms with van der Waals surface area (Å²) in [5, 5.41) is 13.8. The van der Waals surface area contributed by atoms with E-state index in [1.54, 1.807) is 19.1 Å². The maximum atomic E-state index is 11.7. The minimum Gasteiger partial charge on any atom is -0.478 e. The second kappa shape index (κ2) is 5.60. The highest BCUT2D eigenvalue weighted by Crippen LogP contribution is 2.15. The lowest BCUT2D eigenvalue weighted by Gasteiger charge is -2.22. The summed E-state index contributed by atoms with van der Waals surface area (Å²) in [5.74, 6) is -1.76. The van der Waals surface area contributed by atoms with Crippen LogP contribution >= 0.6 is 0 Å². The van der Waals surface area contributed by atoms with Gasteiger partial charge in [0.2, 0.25) is 5.91 Å². The fraction of sp³-hybridized carbons (Fsp3) is 0.308. The van der Waals surface area contributed by atoms with Gasteiger partial charge in [0, 0.05) is 5.69 Å². The molecule has 0 atom stereocenters. The van der Waals surface area contributed by atoms with Crippen molar-refractivity contribution in [3.63, 3.8) is 0 Å². The number of carbonyl (C=O) groups is 3. The third-order valence-corrected chi connectivity index (χ3v) is 2.77. The van der Waals surface area contributed by atoms with Crippen molar-refractivity contribution >= 4 is 23.6 Å². The number of nitrogens with two attached hydrogens (primary N) is 1. The molecule has 5 N–H and O–H groups in total. The zero-order valence-corrected chi connectivity index (χ0v) is 11.5. The van der Waals surface area contributed by atoms with Crippen LogP contribution in [0.1, 0.15) is 29.8 Å². The van der Waals surface area contributed by atoms with Crippen molar-refractivity contribution in [1.29, 1.82) is 0 Å². The van der Waals surface area contributed by atoms with E-state index in [2.05, 4.69) is 10.6 Å². The van der Waals surface area contributed by atoms with Gasteiger partial charge in [-0.1, -0.05) is 6.07 Å². The fourth-order valence-electron chi connectivity index (χ4n) is 1.44. The van der Waals surface area contributed by atoms with Gasteiger partial charge in [-0.05, 0) is 38.5 Å². The van der Waals surface area contributed by atoms with Crippen LogP contribution in [0.4, 0.5) is 10.5 Å². The molecule has 0 heterocycles. The molecule has 0 aliphatic heterocycles. The van der Waals surface area contributed by atoms with Crippen molar-refractivity contribution in [2.75, 3.05) is 5.32 Å². The van der Waals surface area contributed by atoms with Gasteiger partial charge in [0.1, 0.15) is 5.54 Å². The van der Waals surface area contributed by atoms with Crippen molar-refractivity contribution in [3.05, 3.63) is 29.3 Å². The highest BCUT2D eigenvalue weighted by atomic mass is 16.4. The summed E-state index contributed by atoms with van der Waals surface area (Å²) >= 11 is 0. The van der Waals surface area contributed by atoms with Crippen molar-refractivity contribution in [2.24, 2.45) is 5.73 Å². The highest BCUT2D eigenvalue weighted by molar-refractivity contribution is 5.96. The molecule has 20 heavy (non-hydrogen) atoms. The zero-order chi connectivity index (χ0) is 15.5. The maximum absolute atomic E-state index is 11.7. The quantitative estimate of drug-likeness (QED) is 0.658. The largest absolute Gasteiger partial charge is 0.478 e. The minimum absolute atomic E-state index is 0.0944. The number of rotatable bonds is 4. The molecule has 0 spiro atoms. The number of carboxylic acid groups (broad SMARTS) is 1. The SMILES string of the molecule is Cc1ccc(NC(=O)NC(C)(C)C(N)=O)cc1C(=O)O. The van der Waals surface area contributed by atoms with Crippen molar-refractivity contribution < 1.29 is 19.5 Å². The van der Waals surface area contributed by atoms with Crippen LogP contribution in [0.2, 0.25) is 0 Å². The van der Waals surface area contributed by atoms with Gasteiger partial charge in [-0.25, -0.2) is 9.59 Å². The number of aryl methyl sites for hydroxylation is 1. The number of carboxylic acids is 1. The summed E-state index contributed by atoms with van der Waals surface area (Å²) in [6, 6.07) is 3.85. The molecule has 1 aromatic rings. The van der Waals surface area contributed by atoms with Crippen LogP contribution in [0.15, 0.2) is 18.2 Å². The zero-order valence-electron chi connectivity index (χ0n) is 11.5. The molecule has 1 aromatic carbocycles. The lowest BCUT2D eigenvalue weighted by Crippen LogP contribution is -2.54. The predicted molar refractivity (Wildman–Crippen MR) is 73.6 cm³/mol. The molecule has 0 saturated carbocycles. The lowest BCUT2D eigenvalue weighted by molar-refractivity contribution is -0.122. The van der Waals surface area contributed by atoms with Crippen LogP contribution in [0.25, 0.3) is 0 Å². The van der Waals surface area contributed by atoms with Gasteiger partial charge in [-0.2, -0.15) is 0 Å². The third kappa shape index (κ3) is 3.71. The van der Waals surface area contributed by atoms with Crippen LogP contribution in [0, 0.1) is 6.92 Å². The molecule has 108 valence electrons. The normalized spacial score (nSPS) is 10.8. The Labute approximate surface area is 116 Å². The van der Waals surface area contributed by atoms with Gasteiger partial charge >= 0.3 is 12.0 Å². The smallest absolute Gasteiger partial charge is 0.336 e. The molecule has 7 nitrogen and oxygen atoms in total. The van der Waals surface area contributed by atoms with Crippen LogP contribution < -0.4 is 16.4 Å². The molecule has 0 unspecified atom stereocenters. The van der Waals surface area contributed by atoms with Gasteiger partial charge in [0.05, 0.1) is 5.56 Å². The number of primary amides is 1. The standard InChI is InChI=1S/C13H17N3O4/c1-7-4-5-8(6-9(7)10(17)18)15-12(20)16-13(2,3)11(14)19/h4-6H,1-3H3,(H2,14,19)(H,17,18)(H2,15,16,20). The summed E-state index contributed by atoms with van der Waals surface area (Å²) < 4.78 is 0. The molecular formula is C13H17N3O4. The van der Waals surface area contributed by atoms with Crippen LogP contribution in [-0.4, -0.2) is 28.6 Å². The summed E-state index contributed by atoms with van der Waals surface area (Å²) in [4.78, 5) is 33.8. The van der Waals surface area contributed by atoms with Crippen LogP contribution in [0.5, 0.6) is 0 Å². The lowest BCUT2D eigenvalue weighted by atomic mass is 10.1. The van der Waals surface area contributed by atoms with Crippen molar-refractivity contribution in [2.45, 2.75) is 26.3 Å². The molecule has 0 aliphatic carbocycles. The molecule has 7 heteroatoms. The number of amides is 3. The number of anilines is 1. The van der Waals surface area contributed by atoms with E-state index in [1.165, 1.54) is 19.9 Å². The fourth-order valence-corrected chi connectivity index (χ4v) is 1.44. The molecule has 0 bridgehead atoms. The van der Waals surface area contributed by atoms with Crippen LogP contribution in [-0.2, 0) is 4.79 Å². The van der Waals surface area contributed by atoms with E-state index in [0.717, 1.165) is 0 Å². The van der Waals surface area contributed by atoms with E-state index in [-0.39, 0.29) is 5.56 Å². The molecule has 0 radical (unpaired) electrons. The first-order valence-corrected chi connectivity index (χ1v) is 5.86. The molecule has 0 aromatic heterocycles. The second-order valence-corrected chi connectivity index (χ2v) is 4.90. The third-order valence-electron chi connectivity index (χ3n) is 2.77.